The SMILES string of the molecule is Fc1[c-]cccc1.[Br-].[Zn+2]. The molecule has 9 heavy (non-hydrogen) atoms. The van der Waals surface area contributed by atoms with Crippen LogP contribution in [0.15, 0.2) is 24.3 Å². The third kappa shape index (κ3) is 4.74. The molecule has 0 aliphatic carbocycles. The van der Waals surface area contributed by atoms with Crippen molar-refractivity contribution in [3.8, 4) is 0 Å². The van der Waals surface area contributed by atoms with Crippen LogP contribution in [0.1, 0.15) is 0 Å². The molecule has 1 aromatic rings. The molecule has 1 rings (SSSR count). The molecule has 3 heteroatoms. The number of halogens is 2. The Balaban J connectivity index is 0. The van der Waals surface area contributed by atoms with E-state index in [1.165, 1.54) is 12.1 Å². The average molecular weight is 240 g/mol. The Labute approximate surface area is 77.0 Å². The first-order chi connectivity index (χ1) is 3.39. The zero-order valence-electron chi connectivity index (χ0n) is 4.77. The van der Waals surface area contributed by atoms with Crippen molar-refractivity contribution in [2.24, 2.45) is 0 Å². The first-order valence-corrected chi connectivity index (χ1v) is 2.02. The Morgan fingerprint density at radius 2 is 2.00 bits per heavy atom. The van der Waals surface area contributed by atoms with Gasteiger partial charge in [-0.15, -0.1) is 12.1 Å². The summed E-state index contributed by atoms with van der Waals surface area (Å²) in [5.41, 5.74) is 0. The van der Waals surface area contributed by atoms with E-state index in [-0.39, 0.29) is 42.3 Å². The van der Waals surface area contributed by atoms with E-state index in [0.29, 0.717) is 0 Å². The normalized spacial score (nSPS) is 6.78. The Morgan fingerprint density at radius 3 is 2.22 bits per heavy atom. The van der Waals surface area contributed by atoms with Crippen LogP contribution < -0.4 is 17.0 Å². The van der Waals surface area contributed by atoms with E-state index < -0.39 is 0 Å². The maximum absolute atomic E-state index is 11.9. The molecule has 0 atom stereocenters. The van der Waals surface area contributed by atoms with Crippen molar-refractivity contribution in [1.82, 2.24) is 0 Å². The molecule has 0 N–H and O–H groups in total. The standard InChI is InChI=1S/C6H4F.BrH.Zn/c7-6-4-2-1-3-5-6;;/h1-4H;1H;/q-1;;+2/p-1. The van der Waals surface area contributed by atoms with Gasteiger partial charge in [0.2, 0.25) is 0 Å². The van der Waals surface area contributed by atoms with Crippen molar-refractivity contribution < 1.29 is 40.8 Å². The molecule has 0 spiro atoms. The smallest absolute Gasteiger partial charge is 1.00 e. The number of hydrogen-bond acceptors (Lipinski definition) is 0. The van der Waals surface area contributed by atoms with Crippen LogP contribution in [0.5, 0.6) is 0 Å². The monoisotopic (exact) mass is 238 g/mol. The molecule has 0 unspecified atom stereocenters. The largest absolute Gasteiger partial charge is 2.00 e. The summed E-state index contributed by atoms with van der Waals surface area (Å²) >= 11 is 0. The quantitative estimate of drug-likeness (QED) is 0.388. The third-order valence-electron chi connectivity index (χ3n) is 0.671. The molecule has 0 saturated carbocycles. The second kappa shape index (κ2) is 6.37. The predicted octanol–water partition coefficient (Wildman–Crippen LogP) is -1.37. The van der Waals surface area contributed by atoms with Gasteiger partial charge in [-0.25, -0.2) is 4.39 Å². The molecule has 0 saturated heterocycles. The van der Waals surface area contributed by atoms with E-state index in [0.717, 1.165) is 0 Å². The van der Waals surface area contributed by atoms with Gasteiger partial charge in [0.25, 0.3) is 0 Å². The fraction of sp³-hybridized carbons (Fsp3) is 0. The van der Waals surface area contributed by atoms with Gasteiger partial charge in [0, 0.05) is 5.82 Å². The van der Waals surface area contributed by atoms with Crippen molar-refractivity contribution in [3.63, 3.8) is 0 Å². The minimum absolute atomic E-state index is 0. The molecule has 0 amide bonds. The third-order valence-corrected chi connectivity index (χ3v) is 0.671. The van der Waals surface area contributed by atoms with E-state index >= 15 is 0 Å². The minimum atomic E-state index is -0.303. The van der Waals surface area contributed by atoms with E-state index in [9.17, 15) is 4.39 Å². The van der Waals surface area contributed by atoms with Gasteiger partial charge in [0.1, 0.15) is 0 Å². The number of benzene rings is 1. The second-order valence-corrected chi connectivity index (χ2v) is 1.21. The van der Waals surface area contributed by atoms with Gasteiger partial charge in [-0.05, 0) is 0 Å². The molecule has 0 radical (unpaired) electrons. The maximum Gasteiger partial charge on any atom is 2.00 e. The summed E-state index contributed by atoms with van der Waals surface area (Å²) in [4.78, 5) is 0. The predicted molar refractivity (Wildman–Crippen MR) is 25.2 cm³/mol. The van der Waals surface area contributed by atoms with Gasteiger partial charge in [0.15, 0.2) is 0 Å². The van der Waals surface area contributed by atoms with E-state index in [4.69, 9.17) is 0 Å². The van der Waals surface area contributed by atoms with Gasteiger partial charge in [-0.3, -0.25) is 0 Å². The van der Waals surface area contributed by atoms with Crippen LogP contribution in [0.2, 0.25) is 0 Å². The molecular formula is C6H4BrFZn. The van der Waals surface area contributed by atoms with Crippen LogP contribution in [0.3, 0.4) is 0 Å². The average Bonchev–Trinajstić information content (AvgIpc) is 1.69. The Morgan fingerprint density at radius 1 is 1.33 bits per heavy atom. The molecule has 0 heterocycles. The van der Waals surface area contributed by atoms with Gasteiger partial charge < -0.3 is 17.0 Å². The summed E-state index contributed by atoms with van der Waals surface area (Å²) in [6, 6.07) is 8.62. The molecule has 44 valence electrons. The summed E-state index contributed by atoms with van der Waals surface area (Å²) in [6.07, 6.45) is 0. The summed E-state index contributed by atoms with van der Waals surface area (Å²) in [5.74, 6) is -0.303. The van der Waals surface area contributed by atoms with Crippen LogP contribution in [-0.4, -0.2) is 0 Å². The molecule has 0 aliphatic heterocycles. The van der Waals surface area contributed by atoms with Crippen LogP contribution in [0.25, 0.3) is 0 Å². The van der Waals surface area contributed by atoms with Gasteiger partial charge in [-0.2, -0.15) is 18.2 Å². The summed E-state index contributed by atoms with van der Waals surface area (Å²) in [5, 5.41) is 0. The van der Waals surface area contributed by atoms with Crippen LogP contribution in [0, 0.1) is 11.9 Å². The molecule has 1 aromatic carbocycles. The van der Waals surface area contributed by atoms with Crippen molar-refractivity contribution in [3.05, 3.63) is 36.1 Å². The Kier molecular flexibility index (Phi) is 8.49. The van der Waals surface area contributed by atoms with Gasteiger partial charge in [0.05, 0.1) is 0 Å². The first-order valence-electron chi connectivity index (χ1n) is 2.02. The van der Waals surface area contributed by atoms with Crippen LogP contribution >= 0.6 is 0 Å². The van der Waals surface area contributed by atoms with Gasteiger partial charge in [-0.1, -0.05) is 0 Å². The Hall–Kier alpha value is 0.253. The summed E-state index contributed by atoms with van der Waals surface area (Å²) in [6.45, 7) is 0. The molecule has 0 fully saturated rings. The molecule has 0 aliphatic rings. The topological polar surface area (TPSA) is 0 Å². The van der Waals surface area contributed by atoms with E-state index in [2.05, 4.69) is 6.07 Å². The van der Waals surface area contributed by atoms with E-state index in [1.54, 1.807) is 12.1 Å². The zero-order chi connectivity index (χ0) is 5.11. The van der Waals surface area contributed by atoms with Crippen LogP contribution in [-0.2, 0) is 19.5 Å². The summed E-state index contributed by atoms with van der Waals surface area (Å²) < 4.78 is 11.9. The van der Waals surface area contributed by atoms with Gasteiger partial charge >= 0.3 is 19.5 Å². The van der Waals surface area contributed by atoms with Crippen molar-refractivity contribution >= 4 is 0 Å². The number of hydrogen-bond donors (Lipinski definition) is 0. The van der Waals surface area contributed by atoms with Crippen molar-refractivity contribution in [2.75, 3.05) is 0 Å². The first kappa shape index (κ1) is 12.0. The molecule has 0 aromatic heterocycles. The summed E-state index contributed by atoms with van der Waals surface area (Å²) in [7, 11) is 0. The van der Waals surface area contributed by atoms with Crippen molar-refractivity contribution in [1.29, 1.82) is 0 Å². The second-order valence-electron chi connectivity index (χ2n) is 1.21. The maximum atomic E-state index is 11.9. The fourth-order valence-corrected chi connectivity index (χ4v) is 0.371. The molecular weight excluding hydrogens is 236 g/mol. The van der Waals surface area contributed by atoms with E-state index in [1.807, 2.05) is 0 Å². The Bertz CT molecular complexity index is 143. The van der Waals surface area contributed by atoms with Crippen molar-refractivity contribution in [2.45, 2.75) is 0 Å². The fourth-order valence-electron chi connectivity index (χ4n) is 0.371. The minimum Gasteiger partial charge on any atom is -1.00 e. The number of rotatable bonds is 0. The molecule has 0 nitrogen and oxygen atoms in total. The van der Waals surface area contributed by atoms with Crippen LogP contribution in [0.4, 0.5) is 4.39 Å². The molecule has 0 bridgehead atoms. The zero-order valence-corrected chi connectivity index (χ0v) is 9.33.